The standard InChI is InChI=1S/C27H54O9/c1-4-26(2)27(28)36-25-11-24-35-23-10-22-34-21-9-20-33-19-8-18-32-17-7-16-31-15-6-14-30-13-5-12-29-3/h26H,4-25H2,1-3H3. The Hall–Kier alpha value is -0.810. The summed E-state index contributed by atoms with van der Waals surface area (Å²) in [6.07, 6.45) is 6.95. The summed E-state index contributed by atoms with van der Waals surface area (Å²) in [5.41, 5.74) is 0. The summed E-state index contributed by atoms with van der Waals surface area (Å²) in [7, 11) is 1.70. The number of esters is 1. The highest BCUT2D eigenvalue weighted by Crippen LogP contribution is 2.03. The largest absolute Gasteiger partial charge is 0.465 e. The van der Waals surface area contributed by atoms with Crippen LogP contribution in [0.15, 0.2) is 0 Å². The number of hydrogen-bond donors (Lipinski definition) is 0. The number of methoxy groups -OCH3 is 1. The first-order valence-electron chi connectivity index (χ1n) is 13.8. The number of carbonyl (C=O) groups is 1. The van der Waals surface area contributed by atoms with Gasteiger partial charge in [0.05, 0.1) is 12.5 Å². The van der Waals surface area contributed by atoms with Crippen LogP contribution >= 0.6 is 0 Å². The van der Waals surface area contributed by atoms with Crippen molar-refractivity contribution in [3.05, 3.63) is 0 Å². The van der Waals surface area contributed by atoms with Gasteiger partial charge in [-0.3, -0.25) is 4.79 Å². The van der Waals surface area contributed by atoms with Crippen molar-refractivity contribution in [2.45, 2.75) is 65.2 Å². The highest BCUT2D eigenvalue weighted by atomic mass is 16.5. The zero-order valence-corrected chi connectivity index (χ0v) is 23.3. The predicted octanol–water partition coefficient (Wildman–Crippen LogP) is 4.05. The first-order valence-corrected chi connectivity index (χ1v) is 13.8. The van der Waals surface area contributed by atoms with Gasteiger partial charge < -0.3 is 37.9 Å². The van der Waals surface area contributed by atoms with Gasteiger partial charge in [0.25, 0.3) is 0 Å². The topological polar surface area (TPSA) is 90.9 Å². The predicted molar refractivity (Wildman–Crippen MR) is 140 cm³/mol. The van der Waals surface area contributed by atoms with Gasteiger partial charge in [0.15, 0.2) is 0 Å². The molecule has 0 bridgehead atoms. The van der Waals surface area contributed by atoms with Gasteiger partial charge >= 0.3 is 5.97 Å². The van der Waals surface area contributed by atoms with E-state index in [0.717, 1.165) is 91.0 Å². The van der Waals surface area contributed by atoms with Gasteiger partial charge in [-0.1, -0.05) is 13.8 Å². The number of hydrogen-bond acceptors (Lipinski definition) is 9. The monoisotopic (exact) mass is 522 g/mol. The zero-order chi connectivity index (χ0) is 26.4. The zero-order valence-electron chi connectivity index (χ0n) is 23.3. The maximum absolute atomic E-state index is 11.5. The molecule has 9 heteroatoms. The molecule has 9 nitrogen and oxygen atoms in total. The van der Waals surface area contributed by atoms with E-state index in [1.54, 1.807) is 7.11 Å². The molecule has 0 aliphatic heterocycles. The Labute approximate surface area is 219 Å². The lowest BCUT2D eigenvalue weighted by Gasteiger charge is -2.09. The van der Waals surface area contributed by atoms with Crippen molar-refractivity contribution < 1.29 is 42.7 Å². The van der Waals surface area contributed by atoms with Crippen LogP contribution in [0.2, 0.25) is 0 Å². The maximum Gasteiger partial charge on any atom is 0.308 e. The number of ether oxygens (including phenoxy) is 8. The van der Waals surface area contributed by atoms with E-state index in [2.05, 4.69) is 0 Å². The third-order valence-electron chi connectivity index (χ3n) is 5.22. The summed E-state index contributed by atoms with van der Waals surface area (Å²) >= 11 is 0. The normalized spacial score (nSPS) is 12.2. The molecule has 0 aromatic carbocycles. The fourth-order valence-corrected chi connectivity index (χ4v) is 2.88. The molecule has 0 heterocycles. The summed E-state index contributed by atoms with van der Waals surface area (Å²) in [5, 5.41) is 0. The van der Waals surface area contributed by atoms with E-state index in [0.29, 0.717) is 52.9 Å². The first-order chi connectivity index (χ1) is 17.7. The lowest BCUT2D eigenvalue weighted by molar-refractivity contribution is -0.148. The van der Waals surface area contributed by atoms with Crippen LogP contribution in [0.4, 0.5) is 0 Å². The van der Waals surface area contributed by atoms with Crippen molar-refractivity contribution in [3.63, 3.8) is 0 Å². The van der Waals surface area contributed by atoms with Gasteiger partial charge in [0, 0.05) is 99.4 Å². The quantitative estimate of drug-likeness (QED) is 0.102. The molecule has 0 aliphatic rings. The summed E-state index contributed by atoms with van der Waals surface area (Å²) in [5.74, 6) is -0.148. The molecule has 0 spiro atoms. The molecule has 1 unspecified atom stereocenters. The third kappa shape index (κ3) is 27.8. The van der Waals surface area contributed by atoms with Crippen LogP contribution in [0.5, 0.6) is 0 Å². The van der Waals surface area contributed by atoms with Crippen molar-refractivity contribution in [1.82, 2.24) is 0 Å². The van der Waals surface area contributed by atoms with E-state index in [1.165, 1.54) is 0 Å². The molecule has 0 aliphatic carbocycles. The molecule has 0 rings (SSSR count). The minimum Gasteiger partial charge on any atom is -0.465 e. The Balaban J connectivity index is 3.07. The summed E-state index contributed by atoms with van der Waals surface area (Å²) in [4.78, 5) is 11.5. The van der Waals surface area contributed by atoms with Crippen LogP contribution in [0, 0.1) is 5.92 Å². The second kappa shape index (κ2) is 30.4. The average Bonchev–Trinajstić information content (AvgIpc) is 2.89. The molecular formula is C27H54O9. The van der Waals surface area contributed by atoms with E-state index in [1.807, 2.05) is 13.8 Å². The van der Waals surface area contributed by atoms with Gasteiger partial charge in [0.2, 0.25) is 0 Å². The summed E-state index contributed by atoms with van der Waals surface area (Å²) in [6.45, 7) is 13.5. The van der Waals surface area contributed by atoms with Crippen LogP contribution in [-0.2, 0) is 42.7 Å². The molecule has 0 amide bonds. The van der Waals surface area contributed by atoms with E-state index < -0.39 is 0 Å². The Morgan fingerprint density at radius 2 is 0.778 bits per heavy atom. The average molecular weight is 523 g/mol. The van der Waals surface area contributed by atoms with Crippen LogP contribution in [0.1, 0.15) is 65.2 Å². The van der Waals surface area contributed by atoms with Gasteiger partial charge in [-0.05, 0) is 44.9 Å². The highest BCUT2D eigenvalue weighted by molar-refractivity contribution is 5.71. The maximum atomic E-state index is 11.5. The fourth-order valence-electron chi connectivity index (χ4n) is 2.88. The van der Waals surface area contributed by atoms with E-state index in [4.69, 9.17) is 37.9 Å². The second-order valence-electron chi connectivity index (χ2n) is 8.62. The fraction of sp³-hybridized carbons (Fsp3) is 0.963. The third-order valence-corrected chi connectivity index (χ3v) is 5.22. The Kier molecular flexibility index (Phi) is 29.7. The Bertz CT molecular complexity index is 437. The number of rotatable bonds is 30. The molecule has 0 fully saturated rings. The Morgan fingerprint density at radius 3 is 1.06 bits per heavy atom. The summed E-state index contributed by atoms with van der Waals surface area (Å²) < 4.78 is 43.5. The van der Waals surface area contributed by atoms with Crippen molar-refractivity contribution in [3.8, 4) is 0 Å². The van der Waals surface area contributed by atoms with Gasteiger partial charge in [-0.2, -0.15) is 0 Å². The molecule has 0 radical (unpaired) electrons. The second-order valence-corrected chi connectivity index (χ2v) is 8.62. The minimum atomic E-state index is -0.122. The highest BCUT2D eigenvalue weighted by Gasteiger charge is 2.10. The van der Waals surface area contributed by atoms with Crippen LogP contribution in [0.3, 0.4) is 0 Å². The molecule has 216 valence electrons. The van der Waals surface area contributed by atoms with Gasteiger partial charge in [-0.25, -0.2) is 0 Å². The lowest BCUT2D eigenvalue weighted by Crippen LogP contribution is -2.15. The van der Waals surface area contributed by atoms with Crippen molar-refractivity contribution in [2.75, 3.05) is 99.6 Å². The SMILES string of the molecule is CCC(C)C(=O)OCCCOCCCOCCCOCCCOCCCOCCCOCCCOC. The van der Waals surface area contributed by atoms with Crippen molar-refractivity contribution >= 4 is 5.97 Å². The smallest absolute Gasteiger partial charge is 0.308 e. The Morgan fingerprint density at radius 1 is 0.500 bits per heavy atom. The van der Waals surface area contributed by atoms with Crippen LogP contribution in [0.25, 0.3) is 0 Å². The summed E-state index contributed by atoms with van der Waals surface area (Å²) in [6, 6.07) is 0. The van der Waals surface area contributed by atoms with Gasteiger partial charge in [-0.15, -0.1) is 0 Å². The molecule has 0 aromatic heterocycles. The molecule has 36 heavy (non-hydrogen) atoms. The van der Waals surface area contributed by atoms with Crippen molar-refractivity contribution in [1.29, 1.82) is 0 Å². The number of carbonyl (C=O) groups excluding carboxylic acids is 1. The molecule has 0 N–H and O–H groups in total. The molecule has 0 saturated heterocycles. The minimum absolute atomic E-state index is 0.0258. The molecular weight excluding hydrogens is 468 g/mol. The van der Waals surface area contributed by atoms with E-state index in [-0.39, 0.29) is 11.9 Å². The van der Waals surface area contributed by atoms with Crippen LogP contribution in [-0.4, -0.2) is 106 Å². The lowest BCUT2D eigenvalue weighted by atomic mass is 10.1. The first kappa shape index (κ1) is 35.2. The van der Waals surface area contributed by atoms with Gasteiger partial charge in [0.1, 0.15) is 0 Å². The van der Waals surface area contributed by atoms with E-state index >= 15 is 0 Å². The molecule has 1 atom stereocenters. The molecule has 0 saturated carbocycles. The van der Waals surface area contributed by atoms with Crippen LogP contribution < -0.4 is 0 Å². The molecule has 0 aromatic rings. The van der Waals surface area contributed by atoms with E-state index in [9.17, 15) is 4.79 Å². The van der Waals surface area contributed by atoms with Crippen molar-refractivity contribution in [2.24, 2.45) is 5.92 Å².